The minimum absolute atomic E-state index is 0.0349. The van der Waals surface area contributed by atoms with Crippen molar-refractivity contribution in [3.8, 4) is 11.8 Å². The number of nitrogens with zero attached hydrogens (tertiary/aromatic N) is 2. The Morgan fingerprint density at radius 1 is 1.26 bits per heavy atom. The monoisotopic (exact) mass is 386 g/mol. The van der Waals surface area contributed by atoms with Gasteiger partial charge in [0.05, 0.1) is 23.4 Å². The summed E-state index contributed by atoms with van der Waals surface area (Å²) in [5, 5.41) is 19.6. The number of benzene rings is 2. The van der Waals surface area contributed by atoms with Gasteiger partial charge in [-0.2, -0.15) is 10.4 Å². The van der Waals surface area contributed by atoms with E-state index in [-0.39, 0.29) is 10.6 Å². The number of nitrogens with two attached hydrogens (primary N) is 1. The Morgan fingerprint density at radius 2 is 1.93 bits per heavy atom. The number of nitriles is 1. The molecule has 0 heterocycles. The summed E-state index contributed by atoms with van der Waals surface area (Å²) >= 11 is 0. The van der Waals surface area contributed by atoms with Crippen molar-refractivity contribution in [3.05, 3.63) is 48.0 Å². The van der Waals surface area contributed by atoms with E-state index in [4.69, 9.17) is 21.1 Å². The third kappa shape index (κ3) is 4.96. The molecule has 9 nitrogen and oxygen atoms in total. The highest BCUT2D eigenvalue weighted by Crippen LogP contribution is 2.28. The zero-order valence-corrected chi connectivity index (χ0v) is 15.5. The molecule has 0 aliphatic rings. The molecule has 5 N–H and O–H groups in total. The van der Waals surface area contributed by atoms with Crippen LogP contribution in [0.25, 0.3) is 0 Å². The fraction of sp³-hybridized carbons (Fsp3) is 0.118. The Balaban J connectivity index is 2.22. The fourth-order valence-electron chi connectivity index (χ4n) is 2.08. The molecule has 0 unspecified atom stereocenters. The van der Waals surface area contributed by atoms with Gasteiger partial charge < -0.3 is 10.5 Å². The van der Waals surface area contributed by atoms with Gasteiger partial charge in [-0.25, -0.2) is 8.42 Å². The first-order chi connectivity index (χ1) is 12.8. The number of amidine groups is 1. The second kappa shape index (κ2) is 8.20. The van der Waals surface area contributed by atoms with Gasteiger partial charge in [0.25, 0.3) is 10.0 Å². The second-order valence-corrected chi connectivity index (χ2v) is 7.11. The molecule has 2 rings (SSSR count). The first-order valence-electron chi connectivity index (χ1n) is 7.62. The molecule has 0 aliphatic heterocycles. The van der Waals surface area contributed by atoms with E-state index < -0.39 is 15.9 Å². The first kappa shape index (κ1) is 19.7. The van der Waals surface area contributed by atoms with E-state index in [9.17, 15) is 8.42 Å². The third-order valence-corrected chi connectivity index (χ3v) is 4.80. The highest BCUT2D eigenvalue weighted by Gasteiger charge is 2.16. The van der Waals surface area contributed by atoms with Crippen LogP contribution < -0.4 is 20.6 Å². The number of hydrogen-bond donors (Lipinski definition) is 4. The maximum atomic E-state index is 12.6. The van der Waals surface area contributed by atoms with Gasteiger partial charge in [0.2, 0.25) is 5.71 Å². The molecule has 0 spiro atoms. The molecule has 0 amide bonds. The quantitative estimate of drug-likeness (QED) is 0.324. The van der Waals surface area contributed by atoms with Crippen LogP contribution in [-0.2, 0) is 10.0 Å². The van der Waals surface area contributed by atoms with Crippen molar-refractivity contribution in [2.75, 3.05) is 17.3 Å². The van der Waals surface area contributed by atoms with Gasteiger partial charge in [-0.05, 0) is 48.9 Å². The van der Waals surface area contributed by atoms with E-state index in [2.05, 4.69) is 15.2 Å². The summed E-state index contributed by atoms with van der Waals surface area (Å²) < 4.78 is 32.9. The number of methoxy groups -OCH3 is 1. The summed E-state index contributed by atoms with van der Waals surface area (Å²) in [7, 11) is -2.37. The van der Waals surface area contributed by atoms with Gasteiger partial charge in [0, 0.05) is 0 Å². The first-order valence-corrected chi connectivity index (χ1v) is 9.11. The average molecular weight is 386 g/mol. The summed E-state index contributed by atoms with van der Waals surface area (Å²) in [6.45, 7) is 1.84. The van der Waals surface area contributed by atoms with Gasteiger partial charge in [-0.3, -0.25) is 15.6 Å². The van der Waals surface area contributed by atoms with Crippen molar-refractivity contribution in [1.29, 1.82) is 10.7 Å². The van der Waals surface area contributed by atoms with Crippen LogP contribution in [0.3, 0.4) is 0 Å². The minimum atomic E-state index is -3.83. The number of hydrazone groups is 1. The Labute approximate surface area is 157 Å². The zero-order chi connectivity index (χ0) is 20.0. The van der Waals surface area contributed by atoms with Gasteiger partial charge >= 0.3 is 0 Å². The largest absolute Gasteiger partial charge is 0.495 e. The van der Waals surface area contributed by atoms with Crippen molar-refractivity contribution >= 4 is 32.9 Å². The van der Waals surface area contributed by atoms with Crippen LogP contribution in [-0.4, -0.2) is 27.1 Å². The lowest BCUT2D eigenvalue weighted by atomic mass is 10.2. The van der Waals surface area contributed by atoms with Crippen LogP contribution in [0, 0.1) is 23.7 Å². The van der Waals surface area contributed by atoms with E-state index in [1.54, 1.807) is 18.2 Å². The number of aryl methyl sites for hydroxylation is 1. The third-order valence-electron chi connectivity index (χ3n) is 3.42. The van der Waals surface area contributed by atoms with Crippen LogP contribution >= 0.6 is 0 Å². The molecule has 0 aliphatic carbocycles. The van der Waals surface area contributed by atoms with E-state index >= 15 is 0 Å². The number of ether oxygens (including phenoxy) is 1. The smallest absolute Gasteiger partial charge is 0.262 e. The number of sulfonamides is 1. The average Bonchev–Trinajstić information content (AvgIpc) is 2.62. The highest BCUT2D eigenvalue weighted by molar-refractivity contribution is 7.92. The lowest BCUT2D eigenvalue weighted by molar-refractivity contribution is 0.417. The van der Waals surface area contributed by atoms with Crippen LogP contribution in [0.4, 0.5) is 11.4 Å². The van der Waals surface area contributed by atoms with Crippen molar-refractivity contribution in [2.45, 2.75) is 11.8 Å². The molecule has 2 aromatic rings. The summed E-state index contributed by atoms with van der Waals surface area (Å²) in [5.74, 6) is -0.0643. The molecule has 140 valence electrons. The number of anilines is 2. The number of nitrogens with one attached hydrogen (secondary N) is 3. The fourth-order valence-corrected chi connectivity index (χ4v) is 3.14. The van der Waals surface area contributed by atoms with Gasteiger partial charge in [-0.1, -0.05) is 6.07 Å². The normalized spacial score (nSPS) is 11.4. The zero-order valence-electron chi connectivity index (χ0n) is 14.6. The Kier molecular flexibility index (Phi) is 5.99. The molecule has 0 bridgehead atoms. The highest BCUT2D eigenvalue weighted by atomic mass is 32.2. The topological polar surface area (TPSA) is 153 Å². The molecule has 0 fully saturated rings. The second-order valence-electron chi connectivity index (χ2n) is 5.43. The summed E-state index contributed by atoms with van der Waals surface area (Å²) in [4.78, 5) is 0.0349. The Hall–Kier alpha value is -3.58. The summed E-state index contributed by atoms with van der Waals surface area (Å²) in [6.07, 6.45) is 0. The van der Waals surface area contributed by atoms with E-state index in [0.29, 0.717) is 17.1 Å². The Morgan fingerprint density at radius 3 is 2.48 bits per heavy atom. The van der Waals surface area contributed by atoms with Crippen molar-refractivity contribution in [3.63, 3.8) is 0 Å². The van der Waals surface area contributed by atoms with Crippen LogP contribution in [0.5, 0.6) is 5.75 Å². The molecule has 10 heteroatoms. The van der Waals surface area contributed by atoms with Crippen LogP contribution in [0.1, 0.15) is 5.56 Å². The number of rotatable bonds is 7. The maximum Gasteiger partial charge on any atom is 0.262 e. The molecular weight excluding hydrogens is 368 g/mol. The molecule has 0 atom stereocenters. The lowest BCUT2D eigenvalue weighted by Gasteiger charge is -2.13. The molecule has 0 radical (unpaired) electrons. The summed E-state index contributed by atoms with van der Waals surface area (Å²) in [6, 6.07) is 12.5. The summed E-state index contributed by atoms with van der Waals surface area (Å²) in [5.41, 5.74) is 9.10. The molecule has 2 aromatic carbocycles. The maximum absolute atomic E-state index is 12.6. The molecule has 0 saturated carbocycles. The molecule has 27 heavy (non-hydrogen) atoms. The minimum Gasteiger partial charge on any atom is -0.495 e. The van der Waals surface area contributed by atoms with Gasteiger partial charge in [-0.15, -0.1) is 0 Å². The molecule has 0 aromatic heterocycles. The van der Waals surface area contributed by atoms with E-state index in [1.807, 2.05) is 13.0 Å². The van der Waals surface area contributed by atoms with Crippen LogP contribution in [0.15, 0.2) is 52.5 Å². The Bertz CT molecular complexity index is 1020. The van der Waals surface area contributed by atoms with Gasteiger partial charge in [0.15, 0.2) is 5.84 Å². The number of hydrogen-bond acceptors (Lipinski definition) is 7. The molecular formula is C17H18N6O3S. The predicted octanol–water partition coefficient (Wildman–Crippen LogP) is 2.03. The van der Waals surface area contributed by atoms with Crippen LogP contribution in [0.2, 0.25) is 0 Å². The van der Waals surface area contributed by atoms with Gasteiger partial charge in [0.1, 0.15) is 11.8 Å². The van der Waals surface area contributed by atoms with E-state index in [0.717, 1.165) is 5.56 Å². The van der Waals surface area contributed by atoms with Crippen molar-refractivity contribution in [1.82, 2.24) is 0 Å². The van der Waals surface area contributed by atoms with Crippen molar-refractivity contribution in [2.24, 2.45) is 10.8 Å². The standard InChI is InChI=1S/C17H18N6O3S/c1-11-3-8-16(26-2)14(9-11)23-27(24,25)13-6-4-12(5-7-13)21-22-15(10-18)17(19)20/h3-9,21,23H,1-2H3,(H3,19,20)/b22-15+. The van der Waals surface area contributed by atoms with E-state index in [1.165, 1.54) is 31.4 Å². The SMILES string of the molecule is COc1ccc(C)cc1NS(=O)(=O)c1ccc(N/N=C(\C#N)C(=N)N)cc1. The lowest BCUT2D eigenvalue weighted by Crippen LogP contribution is -2.21. The molecule has 0 saturated heterocycles. The van der Waals surface area contributed by atoms with Crippen molar-refractivity contribution < 1.29 is 13.2 Å². The predicted molar refractivity (Wildman–Crippen MR) is 104 cm³/mol.